The quantitative estimate of drug-likeness (QED) is 0.627. The molecule has 2 atom stereocenters. The van der Waals surface area contributed by atoms with Crippen molar-refractivity contribution in [3.8, 4) is 5.75 Å². The van der Waals surface area contributed by atoms with Crippen LogP contribution in [0.1, 0.15) is 53.7 Å². The Kier molecular flexibility index (Phi) is 7.51. The third kappa shape index (κ3) is 4.93. The molecule has 0 saturated carbocycles. The molecule has 1 aliphatic heterocycles. The Morgan fingerprint density at radius 1 is 1.12 bits per heavy atom. The molecule has 1 N–H and O–H groups in total. The molecule has 170 valence electrons. The van der Waals surface area contributed by atoms with E-state index in [0.717, 1.165) is 29.7 Å². The van der Waals surface area contributed by atoms with Crippen molar-refractivity contribution < 1.29 is 23.9 Å². The minimum atomic E-state index is -0.547. The zero-order valence-electron chi connectivity index (χ0n) is 19.0. The van der Waals surface area contributed by atoms with Crippen molar-refractivity contribution in [1.29, 1.82) is 0 Å². The number of unbranched alkanes of at least 4 members (excludes halogenated alkanes) is 1. The third-order valence-corrected chi connectivity index (χ3v) is 5.89. The molecule has 2 aromatic carbocycles. The van der Waals surface area contributed by atoms with Crippen LogP contribution in [0.3, 0.4) is 0 Å². The fourth-order valence-corrected chi connectivity index (χ4v) is 4.06. The molecule has 3 rings (SSSR count). The predicted octanol–water partition coefficient (Wildman–Crippen LogP) is 4.12. The zero-order chi connectivity index (χ0) is 23.3. The Morgan fingerprint density at radius 3 is 2.47 bits per heavy atom. The van der Waals surface area contributed by atoms with E-state index in [2.05, 4.69) is 12.2 Å². The molecule has 0 radical (unpaired) electrons. The van der Waals surface area contributed by atoms with Gasteiger partial charge in [0.2, 0.25) is 11.8 Å². The van der Waals surface area contributed by atoms with Gasteiger partial charge in [0, 0.05) is 18.7 Å². The molecule has 0 unspecified atom stereocenters. The number of carbonyl (C=O) groups is 3. The van der Waals surface area contributed by atoms with E-state index in [1.54, 1.807) is 25.3 Å². The summed E-state index contributed by atoms with van der Waals surface area (Å²) in [5, 5.41) is 2.94. The van der Waals surface area contributed by atoms with Crippen LogP contribution >= 0.6 is 0 Å². The van der Waals surface area contributed by atoms with E-state index >= 15 is 0 Å². The van der Waals surface area contributed by atoms with Crippen molar-refractivity contribution >= 4 is 23.5 Å². The Balaban J connectivity index is 1.90. The average Bonchev–Trinajstić information content (AvgIpc) is 3.14. The lowest BCUT2D eigenvalue weighted by atomic mass is 9.92. The number of esters is 1. The largest absolute Gasteiger partial charge is 0.497 e. The van der Waals surface area contributed by atoms with Gasteiger partial charge in [0.1, 0.15) is 5.75 Å². The first-order chi connectivity index (χ1) is 15.4. The van der Waals surface area contributed by atoms with Crippen LogP contribution in [0.2, 0.25) is 0 Å². The molecule has 1 heterocycles. The number of benzene rings is 2. The number of carbonyl (C=O) groups excluding carboxylic acids is 3. The molecular formula is C25H30N2O5. The Labute approximate surface area is 188 Å². The van der Waals surface area contributed by atoms with Gasteiger partial charge in [-0.2, -0.15) is 0 Å². The van der Waals surface area contributed by atoms with Crippen molar-refractivity contribution in [2.45, 2.75) is 39.2 Å². The van der Waals surface area contributed by atoms with E-state index in [1.807, 2.05) is 36.1 Å². The summed E-state index contributed by atoms with van der Waals surface area (Å²) in [7, 11) is 2.91. The monoisotopic (exact) mass is 438 g/mol. The maximum atomic E-state index is 13.4. The first kappa shape index (κ1) is 23.3. The number of amides is 2. The van der Waals surface area contributed by atoms with E-state index < -0.39 is 11.9 Å². The van der Waals surface area contributed by atoms with Gasteiger partial charge in [-0.1, -0.05) is 31.5 Å². The topological polar surface area (TPSA) is 84.9 Å². The second-order valence-corrected chi connectivity index (χ2v) is 7.98. The standard InChI is InChI=1S/C25H30N2O5/c1-5-6-13-27-22(28)15-20(23(27)17-9-11-19(31-3)12-10-17)24(29)26-21-14-18(25(30)32-4)8-7-16(21)2/h7-12,14,20,23H,5-6,13,15H2,1-4H3,(H,26,29)/t20-,23-/m1/s1. The second kappa shape index (κ2) is 10.3. The van der Waals surface area contributed by atoms with E-state index in [-0.39, 0.29) is 24.3 Å². The highest BCUT2D eigenvalue weighted by molar-refractivity contribution is 5.99. The van der Waals surface area contributed by atoms with Crippen molar-refractivity contribution in [2.75, 3.05) is 26.1 Å². The highest BCUT2D eigenvalue weighted by Gasteiger charge is 2.44. The summed E-state index contributed by atoms with van der Waals surface area (Å²) < 4.78 is 10.0. The number of methoxy groups -OCH3 is 2. The number of likely N-dealkylation sites (tertiary alicyclic amines) is 1. The van der Waals surface area contributed by atoms with Gasteiger partial charge in [-0.15, -0.1) is 0 Å². The number of nitrogens with one attached hydrogen (secondary N) is 1. The molecule has 7 nitrogen and oxygen atoms in total. The van der Waals surface area contributed by atoms with Crippen LogP contribution in [0.25, 0.3) is 0 Å². The van der Waals surface area contributed by atoms with Gasteiger partial charge in [0.25, 0.3) is 0 Å². The Bertz CT molecular complexity index is 986. The molecule has 0 bridgehead atoms. The van der Waals surface area contributed by atoms with Crippen molar-refractivity contribution in [1.82, 2.24) is 4.90 Å². The smallest absolute Gasteiger partial charge is 0.337 e. The maximum Gasteiger partial charge on any atom is 0.337 e. The second-order valence-electron chi connectivity index (χ2n) is 7.98. The van der Waals surface area contributed by atoms with Crippen molar-refractivity contribution in [3.05, 3.63) is 59.2 Å². The highest BCUT2D eigenvalue weighted by atomic mass is 16.5. The van der Waals surface area contributed by atoms with Crippen LogP contribution in [0, 0.1) is 12.8 Å². The van der Waals surface area contributed by atoms with Gasteiger partial charge in [0.05, 0.1) is 31.7 Å². The van der Waals surface area contributed by atoms with Crippen molar-refractivity contribution in [3.63, 3.8) is 0 Å². The van der Waals surface area contributed by atoms with Gasteiger partial charge >= 0.3 is 5.97 Å². The summed E-state index contributed by atoms with van der Waals surface area (Å²) in [6.45, 7) is 4.53. The normalized spacial score (nSPS) is 17.9. The molecule has 2 aromatic rings. The number of hydrogen-bond acceptors (Lipinski definition) is 5. The Hall–Kier alpha value is -3.35. The minimum Gasteiger partial charge on any atom is -0.497 e. The molecular weight excluding hydrogens is 408 g/mol. The molecule has 0 aliphatic carbocycles. The predicted molar refractivity (Wildman–Crippen MR) is 122 cm³/mol. The lowest BCUT2D eigenvalue weighted by Crippen LogP contribution is -2.33. The number of aryl methyl sites for hydroxylation is 1. The van der Waals surface area contributed by atoms with Gasteiger partial charge in [0.15, 0.2) is 0 Å². The van der Waals surface area contributed by atoms with Crippen LogP contribution in [-0.4, -0.2) is 43.4 Å². The fraction of sp³-hybridized carbons (Fsp3) is 0.400. The number of nitrogens with zero attached hydrogens (tertiary/aromatic N) is 1. The van der Waals surface area contributed by atoms with E-state index in [9.17, 15) is 14.4 Å². The maximum absolute atomic E-state index is 13.4. The third-order valence-electron chi connectivity index (χ3n) is 5.89. The van der Waals surface area contributed by atoms with E-state index in [4.69, 9.17) is 9.47 Å². The average molecular weight is 439 g/mol. The molecule has 1 aliphatic rings. The van der Waals surface area contributed by atoms with Crippen LogP contribution in [0.15, 0.2) is 42.5 Å². The van der Waals surface area contributed by atoms with Crippen LogP contribution in [0.4, 0.5) is 5.69 Å². The molecule has 32 heavy (non-hydrogen) atoms. The summed E-state index contributed by atoms with van der Waals surface area (Å²) in [6, 6.07) is 12.2. The SMILES string of the molecule is CCCCN1C(=O)C[C@@H](C(=O)Nc2cc(C(=O)OC)ccc2C)[C@H]1c1ccc(OC)cc1. The summed E-state index contributed by atoms with van der Waals surface area (Å²) in [5.74, 6) is -0.579. The number of ether oxygens (including phenoxy) is 2. The zero-order valence-corrected chi connectivity index (χ0v) is 19.0. The summed E-state index contributed by atoms with van der Waals surface area (Å²) in [6.07, 6.45) is 1.96. The highest BCUT2D eigenvalue weighted by Crippen LogP contribution is 2.39. The number of hydrogen-bond donors (Lipinski definition) is 1. The molecule has 1 fully saturated rings. The summed E-state index contributed by atoms with van der Waals surface area (Å²) in [4.78, 5) is 39.9. The van der Waals surface area contributed by atoms with E-state index in [0.29, 0.717) is 17.8 Å². The van der Waals surface area contributed by atoms with Crippen LogP contribution in [0.5, 0.6) is 5.75 Å². The fourth-order valence-electron chi connectivity index (χ4n) is 4.06. The Morgan fingerprint density at radius 2 is 1.84 bits per heavy atom. The van der Waals surface area contributed by atoms with E-state index in [1.165, 1.54) is 7.11 Å². The summed E-state index contributed by atoms with van der Waals surface area (Å²) in [5.41, 5.74) is 2.60. The molecule has 0 spiro atoms. The van der Waals surface area contributed by atoms with Gasteiger partial charge in [-0.25, -0.2) is 4.79 Å². The molecule has 0 aromatic heterocycles. The first-order valence-corrected chi connectivity index (χ1v) is 10.8. The molecule has 1 saturated heterocycles. The first-order valence-electron chi connectivity index (χ1n) is 10.8. The number of rotatable bonds is 8. The lowest BCUT2D eigenvalue weighted by Gasteiger charge is -2.28. The molecule has 7 heteroatoms. The number of anilines is 1. The molecule has 2 amide bonds. The van der Waals surface area contributed by atoms with Gasteiger partial charge in [-0.05, 0) is 48.7 Å². The van der Waals surface area contributed by atoms with Crippen LogP contribution < -0.4 is 10.1 Å². The lowest BCUT2D eigenvalue weighted by molar-refractivity contribution is -0.129. The van der Waals surface area contributed by atoms with Gasteiger partial charge < -0.3 is 19.7 Å². The van der Waals surface area contributed by atoms with Crippen LogP contribution in [-0.2, 0) is 14.3 Å². The summed E-state index contributed by atoms with van der Waals surface area (Å²) >= 11 is 0. The van der Waals surface area contributed by atoms with Gasteiger partial charge in [-0.3, -0.25) is 9.59 Å². The minimum absolute atomic E-state index is 0.0283. The van der Waals surface area contributed by atoms with Crippen molar-refractivity contribution in [2.24, 2.45) is 5.92 Å².